The number of rotatable bonds is 13. The number of nitrogens with zero attached hydrogens (tertiary/aromatic N) is 3. The van der Waals surface area contributed by atoms with Crippen LogP contribution >= 0.6 is 0 Å². The Morgan fingerprint density at radius 3 is 2.44 bits per heavy atom. The summed E-state index contributed by atoms with van der Waals surface area (Å²) in [6.45, 7) is 19.3. The molecule has 0 aromatic heterocycles. The molecule has 0 bridgehead atoms. The smallest absolute Gasteiger partial charge is 0.227 e. The lowest BCUT2D eigenvalue weighted by molar-refractivity contribution is -0.109. The zero-order chi connectivity index (χ0) is 31.0. The first-order valence-corrected chi connectivity index (χ1v) is 16.3. The third kappa shape index (κ3) is 9.01. The normalized spacial score (nSPS) is 20.3. The Morgan fingerprint density at radius 2 is 1.72 bits per heavy atom. The number of hydrogen-bond donors (Lipinski definition) is 2. The van der Waals surface area contributed by atoms with E-state index >= 15 is 0 Å². The van der Waals surface area contributed by atoms with E-state index in [1.165, 1.54) is 22.3 Å². The Bertz CT molecular complexity index is 1260. The van der Waals surface area contributed by atoms with E-state index in [1.54, 1.807) is 0 Å². The van der Waals surface area contributed by atoms with Gasteiger partial charge in [-0.25, -0.2) is 5.43 Å². The van der Waals surface area contributed by atoms with Crippen molar-refractivity contribution < 1.29 is 4.79 Å². The van der Waals surface area contributed by atoms with E-state index in [0.717, 1.165) is 75.5 Å². The van der Waals surface area contributed by atoms with Gasteiger partial charge in [-0.1, -0.05) is 114 Å². The Morgan fingerprint density at radius 1 is 0.953 bits per heavy atom. The summed E-state index contributed by atoms with van der Waals surface area (Å²) in [5, 5.41) is 8.61. The number of allylic oxidation sites excluding steroid dienone is 8. The molecule has 1 heterocycles. The van der Waals surface area contributed by atoms with Crippen molar-refractivity contribution in [2.45, 2.75) is 66.8 Å². The van der Waals surface area contributed by atoms with Gasteiger partial charge in [-0.15, -0.1) is 0 Å². The molecule has 1 aliphatic heterocycles. The van der Waals surface area contributed by atoms with Crippen molar-refractivity contribution >= 4 is 17.8 Å². The van der Waals surface area contributed by atoms with Crippen LogP contribution in [0.1, 0.15) is 65.5 Å². The summed E-state index contributed by atoms with van der Waals surface area (Å²) in [5.41, 5.74) is 10.8. The number of fused-ring (bicyclic) bond motifs is 1. The summed E-state index contributed by atoms with van der Waals surface area (Å²) in [6, 6.07) is 6.36. The number of aryl methyl sites for hydroxylation is 1. The molecule has 0 fully saturated rings. The van der Waals surface area contributed by atoms with E-state index < -0.39 is 0 Å². The van der Waals surface area contributed by atoms with Gasteiger partial charge in [0.1, 0.15) is 0 Å². The molecule has 1 aromatic rings. The SMILES string of the molecule is CC.CCc1cccc2c1/C(=N\NC=O)C(C1=CCC=CC=C1)C(C1=CC=C(CN(CC)CCN(CC)CC)CC=C1)N2. The average Bonchev–Trinajstić information content (AvgIpc) is 3.47. The molecule has 0 saturated carbocycles. The zero-order valence-electron chi connectivity index (χ0n) is 27.3. The van der Waals surface area contributed by atoms with Crippen molar-refractivity contribution in [1.82, 2.24) is 15.2 Å². The van der Waals surface area contributed by atoms with Gasteiger partial charge in [0.15, 0.2) is 0 Å². The standard InChI is InChI=1S/C35H47N5O.C2H6/c1-5-28-18-14-20-31-32(28)35(38-36-26-41)33(29-16-11-9-10-12-17-29)34(37-31)30-19-13-15-27(21-22-30)25-40(8-4)24-23-39(6-2)7-3;1-2/h9-11,13-14,16-22,26,33-34,37H,5-8,12,15,23-25H2,1-4H3,(H,36,41);1-2H3/b38-35+;. The van der Waals surface area contributed by atoms with Crippen molar-refractivity contribution in [3.05, 3.63) is 101 Å². The van der Waals surface area contributed by atoms with E-state index in [0.29, 0.717) is 6.41 Å². The lowest BCUT2D eigenvalue weighted by Gasteiger charge is -2.38. The van der Waals surface area contributed by atoms with Crippen LogP contribution in [0.4, 0.5) is 5.69 Å². The molecule has 2 atom stereocenters. The van der Waals surface area contributed by atoms with Crippen LogP contribution in [-0.4, -0.2) is 67.2 Å². The van der Waals surface area contributed by atoms with Gasteiger partial charge >= 0.3 is 0 Å². The highest BCUT2D eigenvalue weighted by atomic mass is 16.1. The summed E-state index contributed by atoms with van der Waals surface area (Å²) in [4.78, 5) is 16.5. The monoisotopic (exact) mass is 583 g/mol. The molecular weight excluding hydrogens is 530 g/mol. The first kappa shape index (κ1) is 34.0. The number of carbonyl (C=O) groups is 1. The Hall–Kier alpha value is -3.48. The van der Waals surface area contributed by atoms with Crippen LogP contribution in [0.5, 0.6) is 0 Å². The first-order valence-electron chi connectivity index (χ1n) is 16.3. The summed E-state index contributed by atoms with van der Waals surface area (Å²) < 4.78 is 0. The van der Waals surface area contributed by atoms with Crippen molar-refractivity contribution in [3.8, 4) is 0 Å². The molecule has 0 spiro atoms. The number of nitrogens with one attached hydrogen (secondary N) is 2. The van der Waals surface area contributed by atoms with Gasteiger partial charge in [-0.05, 0) is 61.7 Å². The second-order valence-corrected chi connectivity index (χ2v) is 10.8. The Labute approximate surface area is 260 Å². The minimum absolute atomic E-state index is 0.0346. The topological polar surface area (TPSA) is 60.0 Å². The molecule has 0 radical (unpaired) electrons. The van der Waals surface area contributed by atoms with E-state index in [-0.39, 0.29) is 12.0 Å². The van der Waals surface area contributed by atoms with Gasteiger partial charge in [0, 0.05) is 30.9 Å². The maximum Gasteiger partial charge on any atom is 0.227 e. The fourth-order valence-corrected chi connectivity index (χ4v) is 6.02. The molecule has 6 nitrogen and oxygen atoms in total. The minimum Gasteiger partial charge on any atom is -0.377 e. The molecule has 1 amide bonds. The van der Waals surface area contributed by atoms with E-state index in [1.807, 2.05) is 13.8 Å². The largest absolute Gasteiger partial charge is 0.377 e. The molecule has 2 aliphatic carbocycles. The highest BCUT2D eigenvalue weighted by molar-refractivity contribution is 6.12. The molecule has 232 valence electrons. The molecule has 43 heavy (non-hydrogen) atoms. The fraction of sp³-hybridized carbons (Fsp3) is 0.459. The highest BCUT2D eigenvalue weighted by Crippen LogP contribution is 2.39. The number of carbonyl (C=O) groups excluding carboxylic acids is 1. The molecule has 3 aliphatic rings. The minimum atomic E-state index is -0.0640. The number of anilines is 1. The number of hydrogen-bond acceptors (Lipinski definition) is 5. The van der Waals surface area contributed by atoms with Gasteiger partial charge in [0.2, 0.25) is 6.41 Å². The summed E-state index contributed by atoms with van der Waals surface area (Å²) in [6.07, 6.45) is 23.4. The predicted octanol–water partition coefficient (Wildman–Crippen LogP) is 7.05. The predicted molar refractivity (Wildman–Crippen MR) is 185 cm³/mol. The fourth-order valence-electron chi connectivity index (χ4n) is 6.02. The van der Waals surface area contributed by atoms with Crippen molar-refractivity contribution in [1.29, 1.82) is 0 Å². The second kappa shape index (κ2) is 18.2. The van der Waals surface area contributed by atoms with Crippen molar-refractivity contribution in [2.24, 2.45) is 11.0 Å². The molecule has 4 rings (SSSR count). The maximum atomic E-state index is 11.4. The van der Waals surface area contributed by atoms with Gasteiger partial charge in [0.05, 0.1) is 17.7 Å². The van der Waals surface area contributed by atoms with Crippen LogP contribution in [0.15, 0.2) is 94.7 Å². The van der Waals surface area contributed by atoms with Gasteiger partial charge in [-0.3, -0.25) is 9.69 Å². The number of benzene rings is 1. The van der Waals surface area contributed by atoms with Gasteiger partial charge in [0.25, 0.3) is 0 Å². The zero-order valence-corrected chi connectivity index (χ0v) is 27.3. The van der Waals surface area contributed by atoms with Crippen LogP contribution < -0.4 is 10.7 Å². The number of hydrazone groups is 1. The van der Waals surface area contributed by atoms with E-state index in [2.05, 4.69) is 121 Å². The molecule has 2 unspecified atom stereocenters. The van der Waals surface area contributed by atoms with Crippen molar-refractivity contribution in [2.75, 3.05) is 44.6 Å². The highest BCUT2D eigenvalue weighted by Gasteiger charge is 2.38. The third-order valence-electron chi connectivity index (χ3n) is 8.41. The van der Waals surface area contributed by atoms with E-state index in [4.69, 9.17) is 5.10 Å². The van der Waals surface area contributed by atoms with Crippen LogP contribution in [0.3, 0.4) is 0 Å². The van der Waals surface area contributed by atoms with Crippen molar-refractivity contribution in [3.63, 3.8) is 0 Å². The Kier molecular flexibility index (Phi) is 14.4. The number of likely N-dealkylation sites (N-methyl/N-ethyl adjacent to an activating group) is 2. The third-order valence-corrected chi connectivity index (χ3v) is 8.41. The average molecular weight is 584 g/mol. The quantitative estimate of drug-likeness (QED) is 0.193. The van der Waals surface area contributed by atoms with Crippen LogP contribution in [0.25, 0.3) is 0 Å². The Balaban J connectivity index is 0.00000248. The van der Waals surface area contributed by atoms with Gasteiger partial charge in [-0.2, -0.15) is 5.10 Å². The molecule has 6 heteroatoms. The molecular formula is C37H53N5O. The summed E-state index contributed by atoms with van der Waals surface area (Å²) >= 11 is 0. The molecule has 1 aromatic carbocycles. The lowest BCUT2D eigenvalue weighted by Crippen LogP contribution is -2.43. The maximum absolute atomic E-state index is 11.4. The summed E-state index contributed by atoms with van der Waals surface area (Å²) in [7, 11) is 0. The lowest BCUT2D eigenvalue weighted by atomic mass is 9.75. The van der Waals surface area contributed by atoms with Crippen LogP contribution in [-0.2, 0) is 11.2 Å². The van der Waals surface area contributed by atoms with E-state index in [9.17, 15) is 4.79 Å². The van der Waals surface area contributed by atoms with Gasteiger partial charge < -0.3 is 10.2 Å². The van der Waals surface area contributed by atoms with Crippen LogP contribution in [0, 0.1) is 5.92 Å². The molecule has 2 N–H and O–H groups in total. The molecule has 0 saturated heterocycles. The number of amides is 1. The summed E-state index contributed by atoms with van der Waals surface area (Å²) in [5.74, 6) is -0.0640. The second-order valence-electron chi connectivity index (χ2n) is 10.8. The first-order chi connectivity index (χ1) is 21.1. The van der Waals surface area contributed by atoms with Crippen LogP contribution in [0.2, 0.25) is 0 Å².